The van der Waals surface area contributed by atoms with Gasteiger partial charge in [0.25, 0.3) is 5.89 Å². The van der Waals surface area contributed by atoms with E-state index in [2.05, 4.69) is 37.4 Å². The molecule has 10 nitrogen and oxygen atoms in total. The number of nitrogens with one attached hydrogen (secondary N) is 1. The van der Waals surface area contributed by atoms with Crippen LogP contribution >= 0.6 is 0 Å². The minimum Gasteiger partial charge on any atom is -0.381 e. The van der Waals surface area contributed by atoms with Gasteiger partial charge in [0.1, 0.15) is 0 Å². The Labute approximate surface area is 174 Å². The predicted octanol–water partition coefficient (Wildman–Crippen LogP) is 1.92. The molecule has 0 unspecified atom stereocenters. The minimum absolute atomic E-state index is 0.323. The van der Waals surface area contributed by atoms with E-state index < -0.39 is 0 Å². The van der Waals surface area contributed by atoms with E-state index >= 15 is 0 Å². The lowest BCUT2D eigenvalue weighted by molar-refractivity contribution is 0.0327. The molecule has 0 bridgehead atoms. The van der Waals surface area contributed by atoms with Crippen LogP contribution in [0.1, 0.15) is 25.6 Å². The van der Waals surface area contributed by atoms with Crippen molar-refractivity contribution in [1.82, 2.24) is 29.8 Å². The lowest BCUT2D eigenvalue weighted by Crippen LogP contribution is -2.35. The Bertz CT molecular complexity index is 990. The standard InChI is InChI=1S/C20H27N7O3/c1-2-27-19-15(12-22-27)18(23-14-3-7-28-8-4-14)16(11-21-19)20-24-17(25-30-20)13-26-5-9-29-10-6-26/h11-12,14H,2-10,13H2,1H3,(H,21,23). The molecule has 5 heterocycles. The fourth-order valence-electron chi connectivity index (χ4n) is 4.01. The van der Waals surface area contributed by atoms with Crippen molar-refractivity contribution in [3.05, 3.63) is 18.2 Å². The van der Waals surface area contributed by atoms with Crippen LogP contribution < -0.4 is 5.32 Å². The Morgan fingerprint density at radius 1 is 1.10 bits per heavy atom. The molecule has 0 aromatic carbocycles. The number of nitrogens with zero attached hydrogens (tertiary/aromatic N) is 6. The maximum atomic E-state index is 5.65. The summed E-state index contributed by atoms with van der Waals surface area (Å²) < 4.78 is 18.5. The number of ether oxygens (including phenoxy) is 2. The van der Waals surface area contributed by atoms with Crippen LogP contribution in [-0.2, 0) is 22.6 Å². The highest BCUT2D eigenvalue weighted by Crippen LogP contribution is 2.34. The smallest absolute Gasteiger partial charge is 0.261 e. The molecular weight excluding hydrogens is 386 g/mol. The molecule has 10 heteroatoms. The molecular formula is C20H27N7O3. The fourth-order valence-corrected chi connectivity index (χ4v) is 4.01. The van der Waals surface area contributed by atoms with Crippen molar-refractivity contribution in [2.24, 2.45) is 0 Å². The van der Waals surface area contributed by atoms with Crippen LogP contribution in [0.2, 0.25) is 0 Å². The zero-order chi connectivity index (χ0) is 20.3. The van der Waals surface area contributed by atoms with E-state index in [0.717, 1.165) is 81.2 Å². The van der Waals surface area contributed by atoms with Gasteiger partial charge in [-0.2, -0.15) is 10.1 Å². The first-order valence-electron chi connectivity index (χ1n) is 10.6. The summed E-state index contributed by atoms with van der Waals surface area (Å²) in [5, 5.41) is 13.4. The quantitative estimate of drug-likeness (QED) is 0.649. The number of aryl methyl sites for hydroxylation is 1. The van der Waals surface area contributed by atoms with E-state index in [-0.39, 0.29) is 0 Å². The molecule has 2 saturated heterocycles. The van der Waals surface area contributed by atoms with E-state index in [1.54, 1.807) is 0 Å². The molecule has 0 aliphatic carbocycles. The highest BCUT2D eigenvalue weighted by molar-refractivity contribution is 5.96. The maximum absolute atomic E-state index is 5.65. The molecule has 0 radical (unpaired) electrons. The van der Waals surface area contributed by atoms with Crippen molar-refractivity contribution >= 4 is 16.7 Å². The van der Waals surface area contributed by atoms with Gasteiger partial charge in [-0.05, 0) is 19.8 Å². The van der Waals surface area contributed by atoms with Crippen LogP contribution in [0.5, 0.6) is 0 Å². The molecule has 2 aliphatic heterocycles. The van der Waals surface area contributed by atoms with Crippen LogP contribution in [0.3, 0.4) is 0 Å². The summed E-state index contributed by atoms with van der Waals surface area (Å²) in [7, 11) is 0. The van der Waals surface area contributed by atoms with Gasteiger partial charge in [-0.15, -0.1) is 0 Å². The average molecular weight is 413 g/mol. The number of anilines is 1. The topological polar surface area (TPSA) is 103 Å². The third-order valence-electron chi connectivity index (χ3n) is 5.70. The predicted molar refractivity (Wildman–Crippen MR) is 110 cm³/mol. The van der Waals surface area contributed by atoms with Gasteiger partial charge in [0.15, 0.2) is 11.5 Å². The number of morpholine rings is 1. The van der Waals surface area contributed by atoms with E-state index in [1.807, 2.05) is 17.1 Å². The number of fused-ring (bicyclic) bond motifs is 1. The maximum Gasteiger partial charge on any atom is 0.261 e. The Kier molecular flexibility index (Phi) is 5.60. The van der Waals surface area contributed by atoms with Gasteiger partial charge in [-0.25, -0.2) is 9.67 Å². The SMILES string of the molecule is CCn1ncc2c(NC3CCOCC3)c(-c3nc(CN4CCOCC4)no3)cnc21. The van der Waals surface area contributed by atoms with E-state index in [4.69, 9.17) is 14.0 Å². The van der Waals surface area contributed by atoms with Crippen molar-refractivity contribution < 1.29 is 14.0 Å². The van der Waals surface area contributed by atoms with Gasteiger partial charge in [-0.3, -0.25) is 4.90 Å². The molecule has 0 saturated carbocycles. The Hall–Kier alpha value is -2.56. The molecule has 2 fully saturated rings. The normalized spacial score (nSPS) is 18.8. The van der Waals surface area contributed by atoms with Gasteiger partial charge in [0.2, 0.25) is 0 Å². The second-order valence-corrected chi connectivity index (χ2v) is 7.68. The molecule has 3 aromatic rings. The average Bonchev–Trinajstić information content (AvgIpc) is 3.42. The summed E-state index contributed by atoms with van der Waals surface area (Å²) in [5.41, 5.74) is 2.61. The van der Waals surface area contributed by atoms with Crippen LogP contribution in [0.15, 0.2) is 16.9 Å². The van der Waals surface area contributed by atoms with E-state index in [1.165, 1.54) is 0 Å². The highest BCUT2D eigenvalue weighted by atomic mass is 16.5. The fraction of sp³-hybridized carbons (Fsp3) is 0.600. The van der Waals surface area contributed by atoms with Gasteiger partial charge in [0, 0.05) is 45.1 Å². The van der Waals surface area contributed by atoms with Crippen LogP contribution in [0, 0.1) is 0 Å². The molecule has 1 N–H and O–H groups in total. The van der Waals surface area contributed by atoms with E-state index in [9.17, 15) is 0 Å². The second kappa shape index (κ2) is 8.66. The minimum atomic E-state index is 0.323. The molecule has 0 amide bonds. The molecule has 5 rings (SSSR count). The Morgan fingerprint density at radius 2 is 1.90 bits per heavy atom. The first kappa shape index (κ1) is 19.4. The van der Waals surface area contributed by atoms with Crippen LogP contribution in [0.4, 0.5) is 5.69 Å². The van der Waals surface area contributed by atoms with Crippen LogP contribution in [-0.4, -0.2) is 75.4 Å². The molecule has 0 atom stereocenters. The van der Waals surface area contributed by atoms with Gasteiger partial charge in [0.05, 0.1) is 42.6 Å². The number of rotatable bonds is 6. The molecule has 2 aliphatic rings. The number of hydrogen-bond donors (Lipinski definition) is 1. The number of aromatic nitrogens is 5. The number of hydrogen-bond acceptors (Lipinski definition) is 9. The molecule has 3 aromatic heterocycles. The lowest BCUT2D eigenvalue weighted by atomic mass is 10.1. The zero-order valence-corrected chi connectivity index (χ0v) is 17.2. The van der Waals surface area contributed by atoms with Crippen molar-refractivity contribution in [1.29, 1.82) is 0 Å². The number of pyridine rings is 1. The summed E-state index contributed by atoms with van der Waals surface area (Å²) >= 11 is 0. The van der Waals surface area contributed by atoms with Crippen LogP contribution in [0.25, 0.3) is 22.5 Å². The summed E-state index contributed by atoms with van der Waals surface area (Å²) in [6, 6.07) is 0.323. The third kappa shape index (κ3) is 3.90. The summed E-state index contributed by atoms with van der Waals surface area (Å²) in [6.07, 6.45) is 5.58. The summed E-state index contributed by atoms with van der Waals surface area (Å²) in [4.78, 5) is 11.6. The van der Waals surface area contributed by atoms with Gasteiger partial charge in [-0.1, -0.05) is 5.16 Å². The summed E-state index contributed by atoms with van der Waals surface area (Å²) in [5.74, 6) is 1.15. The third-order valence-corrected chi connectivity index (χ3v) is 5.70. The molecule has 0 spiro atoms. The zero-order valence-electron chi connectivity index (χ0n) is 17.2. The first-order chi connectivity index (χ1) is 14.8. The lowest BCUT2D eigenvalue weighted by Gasteiger charge is -2.25. The van der Waals surface area contributed by atoms with Crippen molar-refractivity contribution in [3.63, 3.8) is 0 Å². The van der Waals surface area contributed by atoms with Crippen molar-refractivity contribution in [2.75, 3.05) is 44.8 Å². The van der Waals surface area contributed by atoms with Crippen molar-refractivity contribution in [2.45, 2.75) is 38.9 Å². The van der Waals surface area contributed by atoms with Crippen molar-refractivity contribution in [3.8, 4) is 11.5 Å². The van der Waals surface area contributed by atoms with Gasteiger partial charge < -0.3 is 19.3 Å². The Morgan fingerprint density at radius 3 is 2.70 bits per heavy atom. The molecule has 160 valence electrons. The van der Waals surface area contributed by atoms with Gasteiger partial charge >= 0.3 is 0 Å². The highest BCUT2D eigenvalue weighted by Gasteiger charge is 2.23. The van der Waals surface area contributed by atoms with E-state index in [0.29, 0.717) is 24.3 Å². The first-order valence-corrected chi connectivity index (χ1v) is 10.6. The monoisotopic (exact) mass is 413 g/mol. The Balaban J connectivity index is 1.47. The molecule has 30 heavy (non-hydrogen) atoms. The largest absolute Gasteiger partial charge is 0.381 e. The second-order valence-electron chi connectivity index (χ2n) is 7.68. The summed E-state index contributed by atoms with van der Waals surface area (Å²) in [6.45, 7) is 8.24.